The molecule has 0 aliphatic rings. The lowest BCUT2D eigenvalue weighted by Crippen LogP contribution is -2.32. The molecule has 0 spiro atoms. The standard InChI is InChI=1S/C15H28O2/c1-10(12(16)14(3,4)5)9-11(2)13(17)15(6,7)8/h10-11H,9H2,1-8H3. The molecule has 0 saturated heterocycles. The van der Waals surface area contributed by atoms with Crippen molar-refractivity contribution in [2.45, 2.75) is 61.8 Å². The third kappa shape index (κ3) is 5.01. The summed E-state index contributed by atoms with van der Waals surface area (Å²) in [5, 5.41) is 0. The maximum absolute atomic E-state index is 12.1. The molecule has 2 heteroatoms. The second kappa shape index (κ2) is 5.32. The molecule has 0 fully saturated rings. The maximum atomic E-state index is 12.1. The molecule has 2 atom stereocenters. The minimum Gasteiger partial charge on any atom is -0.299 e. The van der Waals surface area contributed by atoms with Crippen molar-refractivity contribution in [2.24, 2.45) is 22.7 Å². The molecule has 0 N–H and O–H groups in total. The molecule has 17 heavy (non-hydrogen) atoms. The highest BCUT2D eigenvalue weighted by atomic mass is 16.1. The van der Waals surface area contributed by atoms with Crippen LogP contribution in [0.5, 0.6) is 0 Å². The molecule has 0 saturated carbocycles. The van der Waals surface area contributed by atoms with E-state index in [1.807, 2.05) is 55.4 Å². The summed E-state index contributed by atoms with van der Waals surface area (Å²) in [6, 6.07) is 0. The lowest BCUT2D eigenvalue weighted by atomic mass is 9.76. The van der Waals surface area contributed by atoms with Gasteiger partial charge in [0.25, 0.3) is 0 Å². The van der Waals surface area contributed by atoms with Crippen LogP contribution >= 0.6 is 0 Å². The van der Waals surface area contributed by atoms with E-state index >= 15 is 0 Å². The predicted molar refractivity (Wildman–Crippen MR) is 71.9 cm³/mol. The van der Waals surface area contributed by atoms with E-state index in [1.165, 1.54) is 0 Å². The molecule has 0 aromatic carbocycles. The van der Waals surface area contributed by atoms with Crippen molar-refractivity contribution in [1.82, 2.24) is 0 Å². The van der Waals surface area contributed by atoms with Gasteiger partial charge in [-0.3, -0.25) is 9.59 Å². The Kier molecular flexibility index (Phi) is 5.12. The minimum atomic E-state index is -0.316. The van der Waals surface area contributed by atoms with Gasteiger partial charge >= 0.3 is 0 Å². The van der Waals surface area contributed by atoms with Crippen LogP contribution in [0.2, 0.25) is 0 Å². The molecule has 0 aliphatic heterocycles. The van der Waals surface area contributed by atoms with E-state index in [1.54, 1.807) is 0 Å². The second-order valence-corrected chi connectivity index (χ2v) is 7.27. The first kappa shape index (κ1) is 16.3. The van der Waals surface area contributed by atoms with Crippen molar-refractivity contribution in [3.63, 3.8) is 0 Å². The van der Waals surface area contributed by atoms with Crippen molar-refractivity contribution in [3.05, 3.63) is 0 Å². The van der Waals surface area contributed by atoms with E-state index in [9.17, 15) is 9.59 Å². The zero-order valence-corrected chi connectivity index (χ0v) is 12.7. The molecule has 0 amide bonds. The van der Waals surface area contributed by atoms with Gasteiger partial charge in [-0.25, -0.2) is 0 Å². The van der Waals surface area contributed by atoms with Crippen LogP contribution in [0.3, 0.4) is 0 Å². The number of Topliss-reactive ketones (excluding diaryl/α,β-unsaturated/α-hetero) is 2. The molecule has 100 valence electrons. The minimum absolute atomic E-state index is 0.0451. The Morgan fingerprint density at radius 3 is 1.18 bits per heavy atom. The lowest BCUT2D eigenvalue weighted by molar-refractivity contribution is -0.133. The third-order valence-corrected chi connectivity index (χ3v) is 3.08. The number of carbonyl (C=O) groups is 2. The van der Waals surface area contributed by atoms with E-state index in [0.717, 1.165) is 0 Å². The smallest absolute Gasteiger partial charge is 0.141 e. The molecular weight excluding hydrogens is 212 g/mol. The largest absolute Gasteiger partial charge is 0.299 e. The van der Waals surface area contributed by atoms with Crippen molar-refractivity contribution in [1.29, 1.82) is 0 Å². The van der Waals surface area contributed by atoms with Gasteiger partial charge in [0.2, 0.25) is 0 Å². The van der Waals surface area contributed by atoms with Crippen molar-refractivity contribution in [2.75, 3.05) is 0 Å². The van der Waals surface area contributed by atoms with Crippen molar-refractivity contribution >= 4 is 11.6 Å². The Labute approximate surface area is 106 Å². The molecule has 0 radical (unpaired) electrons. The normalized spacial score (nSPS) is 16.5. The number of hydrogen-bond donors (Lipinski definition) is 0. The van der Waals surface area contributed by atoms with Crippen molar-refractivity contribution in [3.8, 4) is 0 Å². The van der Waals surface area contributed by atoms with Gasteiger partial charge in [0.05, 0.1) is 0 Å². The van der Waals surface area contributed by atoms with Gasteiger partial charge in [0, 0.05) is 22.7 Å². The first-order chi connectivity index (χ1) is 7.37. The highest BCUT2D eigenvalue weighted by Gasteiger charge is 2.32. The molecule has 0 aliphatic carbocycles. The maximum Gasteiger partial charge on any atom is 0.141 e. The van der Waals surface area contributed by atoms with Gasteiger partial charge in [-0.1, -0.05) is 55.4 Å². The van der Waals surface area contributed by atoms with E-state index in [0.29, 0.717) is 6.42 Å². The van der Waals surface area contributed by atoms with Gasteiger partial charge < -0.3 is 0 Å². The molecule has 0 heterocycles. The number of hydrogen-bond acceptors (Lipinski definition) is 2. The van der Waals surface area contributed by atoms with Crippen LogP contribution in [-0.2, 0) is 9.59 Å². The van der Waals surface area contributed by atoms with Crippen LogP contribution in [0.1, 0.15) is 61.8 Å². The zero-order valence-electron chi connectivity index (χ0n) is 12.7. The van der Waals surface area contributed by atoms with E-state index < -0.39 is 0 Å². The van der Waals surface area contributed by atoms with E-state index in [-0.39, 0.29) is 34.2 Å². The zero-order chi connectivity index (χ0) is 14.0. The molecular formula is C15H28O2. The highest BCUT2D eigenvalue weighted by Crippen LogP contribution is 2.28. The highest BCUT2D eigenvalue weighted by molar-refractivity contribution is 5.88. The molecule has 2 unspecified atom stereocenters. The van der Waals surface area contributed by atoms with Crippen LogP contribution in [0.25, 0.3) is 0 Å². The second-order valence-electron chi connectivity index (χ2n) is 7.27. The van der Waals surface area contributed by atoms with Crippen molar-refractivity contribution < 1.29 is 9.59 Å². The fourth-order valence-electron chi connectivity index (χ4n) is 2.22. The van der Waals surface area contributed by atoms with Crippen LogP contribution in [-0.4, -0.2) is 11.6 Å². The monoisotopic (exact) mass is 240 g/mol. The van der Waals surface area contributed by atoms with Crippen LogP contribution in [0, 0.1) is 22.7 Å². The van der Waals surface area contributed by atoms with Crippen LogP contribution in [0.15, 0.2) is 0 Å². The average molecular weight is 240 g/mol. The molecule has 0 bridgehead atoms. The number of rotatable bonds is 4. The van der Waals surface area contributed by atoms with Gasteiger partial charge in [-0.2, -0.15) is 0 Å². The summed E-state index contributed by atoms with van der Waals surface area (Å²) < 4.78 is 0. The summed E-state index contributed by atoms with van der Waals surface area (Å²) in [6.07, 6.45) is 0.659. The fraction of sp³-hybridized carbons (Fsp3) is 0.867. The van der Waals surface area contributed by atoms with Gasteiger partial charge in [-0.05, 0) is 6.42 Å². The Bertz CT molecular complexity index is 259. The van der Waals surface area contributed by atoms with Crippen LogP contribution in [0.4, 0.5) is 0 Å². The summed E-state index contributed by atoms with van der Waals surface area (Å²) in [5.74, 6) is 0.393. The molecule has 0 rings (SSSR count). The average Bonchev–Trinajstić information content (AvgIpc) is 2.12. The Morgan fingerprint density at radius 2 is 1.00 bits per heavy atom. The van der Waals surface area contributed by atoms with E-state index in [2.05, 4.69) is 0 Å². The number of ketones is 2. The molecule has 0 aromatic heterocycles. The van der Waals surface area contributed by atoms with Crippen LogP contribution < -0.4 is 0 Å². The predicted octanol–water partition coefficient (Wildman–Crippen LogP) is 3.88. The first-order valence-electron chi connectivity index (χ1n) is 6.46. The summed E-state index contributed by atoms with van der Waals surface area (Å²) >= 11 is 0. The Balaban J connectivity index is 4.56. The summed E-state index contributed by atoms with van der Waals surface area (Å²) in [6.45, 7) is 15.5. The number of carbonyl (C=O) groups excluding carboxylic acids is 2. The topological polar surface area (TPSA) is 34.1 Å². The summed E-state index contributed by atoms with van der Waals surface area (Å²) in [5.41, 5.74) is -0.631. The fourth-order valence-corrected chi connectivity index (χ4v) is 2.22. The van der Waals surface area contributed by atoms with Gasteiger partial charge in [0.1, 0.15) is 11.6 Å². The Hall–Kier alpha value is -0.660. The SMILES string of the molecule is CC(CC(C)C(=O)C(C)(C)C)C(=O)C(C)(C)C. The van der Waals surface area contributed by atoms with Gasteiger partial charge in [0.15, 0.2) is 0 Å². The Morgan fingerprint density at radius 1 is 0.765 bits per heavy atom. The lowest BCUT2D eigenvalue weighted by Gasteiger charge is -2.26. The van der Waals surface area contributed by atoms with Gasteiger partial charge in [-0.15, -0.1) is 0 Å². The molecule has 2 nitrogen and oxygen atoms in total. The quantitative estimate of drug-likeness (QED) is 0.747. The third-order valence-electron chi connectivity index (χ3n) is 3.08. The summed E-state index contributed by atoms with van der Waals surface area (Å²) in [4.78, 5) is 24.1. The molecule has 0 aromatic rings. The first-order valence-corrected chi connectivity index (χ1v) is 6.46. The van der Waals surface area contributed by atoms with E-state index in [4.69, 9.17) is 0 Å². The summed E-state index contributed by atoms with van der Waals surface area (Å²) in [7, 11) is 0.